The number of rotatable bonds is 10. The van der Waals surface area contributed by atoms with Gasteiger partial charge in [0, 0.05) is 29.8 Å². The van der Waals surface area contributed by atoms with Crippen molar-refractivity contribution in [2.45, 2.75) is 37.3 Å². The maximum atomic E-state index is 13.1. The molecule has 0 radical (unpaired) electrons. The van der Waals surface area contributed by atoms with Crippen molar-refractivity contribution in [3.63, 3.8) is 0 Å². The van der Waals surface area contributed by atoms with Crippen molar-refractivity contribution in [2.75, 3.05) is 19.7 Å². The number of nitrogens with one attached hydrogen (secondary N) is 3. The van der Waals surface area contributed by atoms with Crippen LogP contribution in [0.4, 0.5) is 13.2 Å². The summed E-state index contributed by atoms with van der Waals surface area (Å²) in [6.45, 7) is 4.03. The highest BCUT2D eigenvalue weighted by atomic mass is 125. The minimum atomic E-state index is -4.63. The molecule has 1 aliphatic rings. The zero-order valence-corrected chi connectivity index (χ0v) is 22.5. The Morgan fingerprint density at radius 1 is 1.24 bits per heavy atom. The van der Waals surface area contributed by atoms with E-state index in [2.05, 4.69) is 54.5 Å². The molecule has 1 aliphatic heterocycles. The number of hydrogen-bond donors (Lipinski definition) is 4. The van der Waals surface area contributed by atoms with Gasteiger partial charge in [-0.15, -0.1) is 10.2 Å². The van der Waals surface area contributed by atoms with Crippen molar-refractivity contribution in [3.05, 3.63) is 62.9 Å². The number of halogens is 4. The molecule has 3 aromatic rings. The number of aromatic nitrogens is 1. The number of ether oxygens (including phenoxy) is 1. The molecule has 4 rings (SSSR count). The van der Waals surface area contributed by atoms with Gasteiger partial charge in [-0.05, 0) is 60.7 Å². The second-order valence-electron chi connectivity index (χ2n) is 9.46. The number of hydrogen-bond acceptors (Lipinski definition) is 7. The summed E-state index contributed by atoms with van der Waals surface area (Å²) in [5, 5.41) is 32.7. The summed E-state index contributed by atoms with van der Waals surface area (Å²) in [5.74, 6) is 0.0957. The highest BCUT2D eigenvalue weighted by Gasteiger charge is 2.65. The van der Waals surface area contributed by atoms with Gasteiger partial charge in [0.2, 0.25) is 0 Å². The van der Waals surface area contributed by atoms with Gasteiger partial charge in [0.25, 0.3) is 5.91 Å². The molecule has 0 saturated carbocycles. The molecular formula is C25H24F3IN6O3. The second kappa shape index (κ2) is 10.5. The van der Waals surface area contributed by atoms with Crippen LogP contribution in [0.5, 0.6) is 5.75 Å². The molecule has 1 unspecified atom stereocenters. The molecule has 2 aromatic carbocycles. The summed E-state index contributed by atoms with van der Waals surface area (Å²) in [6.07, 6.45) is -5.49. The lowest BCUT2D eigenvalue weighted by Gasteiger charge is -2.28. The molecule has 1 atom stereocenters. The predicted molar refractivity (Wildman–Crippen MR) is 141 cm³/mol. The number of aromatic amines is 1. The number of fused-ring (bicyclic) bond motifs is 1. The number of benzene rings is 2. The molecular weight excluding hydrogens is 614 g/mol. The molecule has 0 saturated heterocycles. The number of nitriles is 1. The van der Waals surface area contributed by atoms with Gasteiger partial charge < -0.3 is 25.5 Å². The van der Waals surface area contributed by atoms with Crippen molar-refractivity contribution in [3.8, 4) is 11.8 Å². The molecule has 2 heterocycles. The third-order valence-corrected chi connectivity index (χ3v) is 7.10. The fourth-order valence-corrected chi connectivity index (χ4v) is 4.59. The van der Waals surface area contributed by atoms with Crippen molar-refractivity contribution < 1.29 is 27.8 Å². The van der Waals surface area contributed by atoms with Gasteiger partial charge in [-0.2, -0.15) is 18.4 Å². The maximum Gasteiger partial charge on any atom is 0.442 e. The smallest absolute Gasteiger partial charge is 0.442 e. The van der Waals surface area contributed by atoms with Crippen LogP contribution in [-0.4, -0.2) is 53.5 Å². The van der Waals surface area contributed by atoms with Gasteiger partial charge >= 0.3 is 11.8 Å². The van der Waals surface area contributed by atoms with Gasteiger partial charge in [-0.25, -0.2) is 0 Å². The lowest BCUT2D eigenvalue weighted by atomic mass is 10.0. The molecule has 1 amide bonds. The highest BCUT2D eigenvalue weighted by Crippen LogP contribution is 2.52. The van der Waals surface area contributed by atoms with E-state index >= 15 is 0 Å². The van der Waals surface area contributed by atoms with E-state index < -0.39 is 29.4 Å². The quantitative estimate of drug-likeness (QED) is 0.245. The monoisotopic (exact) mass is 638 g/mol. The zero-order valence-electron chi connectivity index (χ0n) is 20.4. The number of alkyl halides is 3. The SMILES string of the molecule is CC(C)(CNC(=O)c1ccc(C2(C(F)(F)F)N=N2)cc1)NCC(O)COc1cccc2[nH]c(C#N)c([125I])c12. The molecule has 13 heteroatoms. The standard InChI is InChI=1S/C25H24F3IN6O3/c1-23(2,13-31-22(37)14-6-8-15(9-7-14)24(34-35-24)25(26,27)28)32-11-16(36)12-38-19-5-3-4-17-20(19)21(29)18(10-30)33-17/h3-9,16,32-33,36H,11-13H2,1-2H3,(H,31,37)/i29-2. The van der Waals surface area contributed by atoms with E-state index in [1.54, 1.807) is 12.1 Å². The van der Waals surface area contributed by atoms with Gasteiger partial charge in [0.05, 0.1) is 14.5 Å². The van der Waals surface area contributed by atoms with Crippen LogP contribution in [-0.2, 0) is 5.66 Å². The summed E-state index contributed by atoms with van der Waals surface area (Å²) in [6, 6.07) is 12.5. The van der Waals surface area contributed by atoms with Gasteiger partial charge in [-0.1, -0.05) is 18.2 Å². The third kappa shape index (κ3) is 5.77. The average molecular weight is 638 g/mol. The number of β-amino-alcohol motifs (C(OH)–C–C–N with tert-alkyl or cyclic N) is 1. The van der Waals surface area contributed by atoms with Crippen molar-refractivity contribution in [2.24, 2.45) is 10.2 Å². The number of nitrogens with zero attached hydrogens (tertiary/aromatic N) is 3. The number of amides is 1. The van der Waals surface area contributed by atoms with Crippen LogP contribution in [0, 0.1) is 14.9 Å². The first-order valence-electron chi connectivity index (χ1n) is 11.5. The lowest BCUT2D eigenvalue weighted by Crippen LogP contribution is -2.51. The Bertz CT molecular complexity index is 1410. The molecule has 0 fully saturated rings. The van der Waals surface area contributed by atoms with E-state index in [-0.39, 0.29) is 30.8 Å². The molecule has 38 heavy (non-hydrogen) atoms. The Morgan fingerprint density at radius 2 is 1.92 bits per heavy atom. The Hall–Kier alpha value is -3.22. The van der Waals surface area contributed by atoms with Gasteiger partial charge in [0.1, 0.15) is 30.2 Å². The summed E-state index contributed by atoms with van der Waals surface area (Å²) < 4.78 is 46.0. The highest BCUT2D eigenvalue weighted by molar-refractivity contribution is 14.1. The van der Waals surface area contributed by atoms with Crippen molar-refractivity contribution >= 4 is 39.4 Å². The minimum Gasteiger partial charge on any atom is -0.490 e. The zero-order chi connectivity index (χ0) is 27.7. The summed E-state index contributed by atoms with van der Waals surface area (Å²) >= 11 is 2.08. The Kier molecular flexibility index (Phi) is 7.69. The van der Waals surface area contributed by atoms with Crippen LogP contribution in [0.3, 0.4) is 0 Å². The number of carbonyl (C=O) groups is 1. The molecule has 1 aromatic heterocycles. The van der Waals surface area contributed by atoms with E-state index in [1.807, 2.05) is 19.9 Å². The van der Waals surface area contributed by atoms with Crippen molar-refractivity contribution in [1.82, 2.24) is 15.6 Å². The summed E-state index contributed by atoms with van der Waals surface area (Å²) in [5.41, 5.74) is -1.88. The van der Waals surface area contributed by atoms with Crippen LogP contribution in [0.25, 0.3) is 10.9 Å². The van der Waals surface area contributed by atoms with Crippen LogP contribution < -0.4 is 15.4 Å². The number of H-pyrrole nitrogens is 1. The predicted octanol–water partition coefficient (Wildman–Crippen LogP) is 4.36. The van der Waals surface area contributed by atoms with E-state index in [0.29, 0.717) is 11.4 Å². The average Bonchev–Trinajstić information content (AvgIpc) is 3.64. The molecule has 0 bridgehead atoms. The van der Waals surface area contributed by atoms with E-state index in [9.17, 15) is 28.3 Å². The molecule has 9 nitrogen and oxygen atoms in total. The third-order valence-electron chi connectivity index (χ3n) is 6.02. The Balaban J connectivity index is 1.26. The number of carbonyl (C=O) groups excluding carboxylic acids is 1. The Labute approximate surface area is 229 Å². The van der Waals surface area contributed by atoms with Crippen LogP contribution in [0.1, 0.15) is 35.5 Å². The molecule has 4 N–H and O–H groups in total. The van der Waals surface area contributed by atoms with Gasteiger partial charge in [-0.3, -0.25) is 4.79 Å². The molecule has 0 aliphatic carbocycles. The minimum absolute atomic E-state index is 0.00202. The van der Waals surface area contributed by atoms with E-state index in [0.717, 1.165) is 14.5 Å². The maximum absolute atomic E-state index is 13.1. The van der Waals surface area contributed by atoms with Crippen LogP contribution in [0.15, 0.2) is 52.7 Å². The van der Waals surface area contributed by atoms with E-state index in [1.165, 1.54) is 24.3 Å². The normalized spacial score (nSPS) is 15.2. The first kappa shape index (κ1) is 27.8. The summed E-state index contributed by atoms with van der Waals surface area (Å²) in [7, 11) is 0. The van der Waals surface area contributed by atoms with Crippen molar-refractivity contribution in [1.29, 1.82) is 5.26 Å². The molecule has 200 valence electrons. The molecule has 0 spiro atoms. The second-order valence-corrected chi connectivity index (χ2v) is 10.5. The lowest BCUT2D eigenvalue weighted by molar-refractivity contribution is -0.166. The van der Waals surface area contributed by atoms with Gasteiger partial charge in [0.15, 0.2) is 0 Å². The fourth-order valence-electron chi connectivity index (χ4n) is 3.77. The van der Waals surface area contributed by atoms with Crippen LogP contribution in [0.2, 0.25) is 0 Å². The topological polar surface area (TPSA) is 135 Å². The Morgan fingerprint density at radius 3 is 2.53 bits per heavy atom. The van der Waals surface area contributed by atoms with Crippen LogP contribution >= 0.6 is 22.6 Å². The number of aliphatic hydroxyl groups excluding tert-OH is 1. The first-order chi connectivity index (χ1) is 17.9. The fraction of sp³-hybridized carbons (Fsp3) is 0.360. The number of aliphatic hydroxyl groups is 1. The first-order valence-corrected chi connectivity index (χ1v) is 12.6. The summed E-state index contributed by atoms with van der Waals surface area (Å²) in [4.78, 5) is 15.5. The largest absolute Gasteiger partial charge is 0.490 e. The van der Waals surface area contributed by atoms with E-state index in [4.69, 9.17) is 4.74 Å².